The van der Waals surface area contributed by atoms with E-state index in [0.717, 1.165) is 22.5 Å². The summed E-state index contributed by atoms with van der Waals surface area (Å²) in [5, 5.41) is 0.787. The van der Waals surface area contributed by atoms with Crippen molar-refractivity contribution < 1.29 is 9.21 Å². The Morgan fingerprint density at radius 1 is 1.03 bits per heavy atom. The molecule has 6 nitrogen and oxygen atoms in total. The second kappa shape index (κ2) is 6.84. The number of para-hydroxylation sites is 2. The van der Waals surface area contributed by atoms with Crippen LogP contribution in [0, 0.1) is 13.8 Å². The first kappa shape index (κ1) is 18.1. The maximum absolute atomic E-state index is 13.1. The molecule has 0 unspecified atom stereocenters. The molecule has 148 valence electrons. The second-order valence-electron chi connectivity index (χ2n) is 7.33. The zero-order valence-corrected chi connectivity index (χ0v) is 16.6. The predicted molar refractivity (Wildman–Crippen MR) is 115 cm³/mol. The van der Waals surface area contributed by atoms with Crippen molar-refractivity contribution in [3.8, 4) is 5.69 Å². The number of ketones is 1. The number of furan rings is 1. The van der Waals surface area contributed by atoms with Crippen LogP contribution in [0.1, 0.15) is 21.7 Å². The third-order valence-corrected chi connectivity index (χ3v) is 5.41. The van der Waals surface area contributed by atoms with Gasteiger partial charge in [-0.15, -0.1) is 0 Å². The molecule has 0 N–H and O–H groups in total. The zero-order chi connectivity index (χ0) is 20.8. The standard InChI is InChI=1S/C24H19N3O3/c1-15-12-19(16(2)27(15)17-8-4-3-5-9-17)20(28)13-26-14-25-22-18-10-6-7-11-21(18)30-23(22)24(26)29/h3-12,14H,13H2,1-2H3. The van der Waals surface area contributed by atoms with Crippen LogP contribution in [0.2, 0.25) is 0 Å². The molecule has 0 aliphatic rings. The minimum atomic E-state index is -0.360. The Bertz CT molecular complexity index is 1470. The van der Waals surface area contributed by atoms with Crippen LogP contribution in [0.15, 0.2) is 76.2 Å². The van der Waals surface area contributed by atoms with Gasteiger partial charge in [0.1, 0.15) is 11.1 Å². The minimum absolute atomic E-state index is 0.0993. The fraction of sp³-hybridized carbons (Fsp3) is 0.125. The van der Waals surface area contributed by atoms with Gasteiger partial charge < -0.3 is 8.98 Å². The van der Waals surface area contributed by atoms with Gasteiger partial charge in [-0.2, -0.15) is 0 Å². The van der Waals surface area contributed by atoms with Crippen LogP contribution >= 0.6 is 0 Å². The third kappa shape index (κ3) is 2.76. The molecule has 5 rings (SSSR count). The second-order valence-corrected chi connectivity index (χ2v) is 7.33. The summed E-state index contributed by atoms with van der Waals surface area (Å²) < 4.78 is 9.05. The normalized spacial score (nSPS) is 11.4. The van der Waals surface area contributed by atoms with Crippen LogP contribution in [0.3, 0.4) is 0 Å². The molecular weight excluding hydrogens is 378 g/mol. The van der Waals surface area contributed by atoms with Crippen LogP contribution in [-0.2, 0) is 6.54 Å². The van der Waals surface area contributed by atoms with Gasteiger partial charge >= 0.3 is 0 Å². The smallest absolute Gasteiger partial charge is 0.297 e. The van der Waals surface area contributed by atoms with Crippen molar-refractivity contribution in [2.24, 2.45) is 0 Å². The molecule has 0 spiro atoms. The third-order valence-electron chi connectivity index (χ3n) is 5.41. The largest absolute Gasteiger partial charge is 0.448 e. The maximum Gasteiger partial charge on any atom is 0.297 e. The van der Waals surface area contributed by atoms with Gasteiger partial charge in [0.15, 0.2) is 5.78 Å². The van der Waals surface area contributed by atoms with Gasteiger partial charge in [-0.1, -0.05) is 30.3 Å². The molecule has 0 saturated carbocycles. The number of aryl methyl sites for hydroxylation is 1. The molecular formula is C24H19N3O3. The lowest BCUT2D eigenvalue weighted by atomic mass is 10.1. The first-order valence-electron chi connectivity index (χ1n) is 9.69. The lowest BCUT2D eigenvalue weighted by Gasteiger charge is -2.10. The Balaban J connectivity index is 1.53. The van der Waals surface area contributed by atoms with Gasteiger partial charge in [0.05, 0.1) is 12.9 Å². The Morgan fingerprint density at radius 3 is 2.57 bits per heavy atom. The molecule has 5 aromatic rings. The van der Waals surface area contributed by atoms with E-state index in [4.69, 9.17) is 4.42 Å². The van der Waals surface area contributed by atoms with Gasteiger partial charge in [0.25, 0.3) is 5.56 Å². The number of nitrogens with zero attached hydrogens (tertiary/aromatic N) is 3. The predicted octanol–water partition coefficient (Wildman–Crippen LogP) is 4.43. The summed E-state index contributed by atoms with van der Waals surface area (Å²) in [6.07, 6.45) is 1.42. The number of hydrogen-bond acceptors (Lipinski definition) is 4. The lowest BCUT2D eigenvalue weighted by Crippen LogP contribution is -2.24. The van der Waals surface area contributed by atoms with Crippen molar-refractivity contribution in [3.63, 3.8) is 0 Å². The summed E-state index contributed by atoms with van der Waals surface area (Å²) in [5.41, 5.74) is 4.31. The quantitative estimate of drug-likeness (QED) is 0.421. The zero-order valence-electron chi connectivity index (χ0n) is 16.6. The van der Waals surface area contributed by atoms with E-state index in [1.807, 2.05) is 73.0 Å². The fourth-order valence-corrected chi connectivity index (χ4v) is 3.99. The van der Waals surface area contributed by atoms with Crippen molar-refractivity contribution in [2.75, 3.05) is 0 Å². The first-order valence-corrected chi connectivity index (χ1v) is 9.69. The molecule has 3 heterocycles. The number of Topliss-reactive ketones (excluding diaryl/α,β-unsaturated/α-hetero) is 1. The van der Waals surface area contributed by atoms with E-state index in [9.17, 15) is 9.59 Å². The van der Waals surface area contributed by atoms with Crippen molar-refractivity contribution in [3.05, 3.63) is 94.3 Å². The van der Waals surface area contributed by atoms with Crippen LogP contribution < -0.4 is 5.56 Å². The molecule has 0 saturated heterocycles. The molecule has 0 aliphatic carbocycles. The highest BCUT2D eigenvalue weighted by atomic mass is 16.3. The summed E-state index contributed by atoms with van der Waals surface area (Å²) in [7, 11) is 0. The average molecular weight is 397 g/mol. The maximum atomic E-state index is 13.1. The van der Waals surface area contributed by atoms with Crippen LogP contribution in [0.4, 0.5) is 0 Å². The highest BCUT2D eigenvalue weighted by molar-refractivity contribution is 6.02. The van der Waals surface area contributed by atoms with Crippen molar-refractivity contribution in [2.45, 2.75) is 20.4 Å². The summed E-state index contributed by atoms with van der Waals surface area (Å²) in [6.45, 7) is 3.78. The van der Waals surface area contributed by atoms with E-state index in [-0.39, 0.29) is 23.5 Å². The number of rotatable bonds is 4. The number of carbonyl (C=O) groups excluding carboxylic acids is 1. The topological polar surface area (TPSA) is 70.0 Å². The molecule has 0 atom stereocenters. The Hall–Kier alpha value is -3.93. The monoisotopic (exact) mass is 397 g/mol. The van der Waals surface area contributed by atoms with Gasteiger partial charge in [0, 0.05) is 28.0 Å². The lowest BCUT2D eigenvalue weighted by molar-refractivity contribution is 0.0970. The highest BCUT2D eigenvalue weighted by Gasteiger charge is 2.19. The molecule has 6 heteroatoms. The molecule has 0 aliphatic heterocycles. The van der Waals surface area contributed by atoms with Gasteiger partial charge in [-0.25, -0.2) is 4.98 Å². The Kier molecular flexibility index (Phi) is 4.13. The van der Waals surface area contributed by atoms with Crippen LogP contribution in [0.25, 0.3) is 27.8 Å². The van der Waals surface area contributed by atoms with Gasteiger partial charge in [-0.3, -0.25) is 14.2 Å². The highest BCUT2D eigenvalue weighted by Crippen LogP contribution is 2.24. The first-order chi connectivity index (χ1) is 14.5. The van der Waals surface area contributed by atoms with Crippen LogP contribution in [-0.4, -0.2) is 19.9 Å². The molecule has 3 aromatic heterocycles. The van der Waals surface area contributed by atoms with Crippen molar-refractivity contribution in [1.82, 2.24) is 14.1 Å². The molecule has 2 aromatic carbocycles. The van der Waals surface area contributed by atoms with E-state index in [2.05, 4.69) is 4.98 Å². The van der Waals surface area contributed by atoms with Crippen molar-refractivity contribution >= 4 is 27.9 Å². The summed E-state index contributed by atoms with van der Waals surface area (Å²) in [6, 6.07) is 19.1. The Morgan fingerprint density at radius 2 is 1.77 bits per heavy atom. The number of aromatic nitrogens is 3. The molecule has 0 radical (unpaired) electrons. The number of hydrogen-bond donors (Lipinski definition) is 0. The molecule has 0 amide bonds. The molecule has 0 fully saturated rings. The molecule has 30 heavy (non-hydrogen) atoms. The van der Waals surface area contributed by atoms with Crippen LogP contribution in [0.5, 0.6) is 0 Å². The molecule has 0 bridgehead atoms. The minimum Gasteiger partial charge on any atom is -0.448 e. The summed E-state index contributed by atoms with van der Waals surface area (Å²) >= 11 is 0. The van der Waals surface area contributed by atoms with E-state index >= 15 is 0 Å². The SMILES string of the molecule is Cc1cc(C(=O)Cn2cnc3c(oc4ccccc43)c2=O)c(C)n1-c1ccccc1. The Labute approximate surface area is 172 Å². The number of fused-ring (bicyclic) bond motifs is 3. The number of carbonyl (C=O) groups is 1. The van der Waals surface area contributed by atoms with E-state index in [1.54, 1.807) is 6.07 Å². The summed E-state index contributed by atoms with van der Waals surface area (Å²) in [4.78, 5) is 30.4. The number of benzene rings is 2. The van der Waals surface area contributed by atoms with E-state index < -0.39 is 0 Å². The van der Waals surface area contributed by atoms with E-state index in [0.29, 0.717) is 16.7 Å². The van der Waals surface area contributed by atoms with Crippen molar-refractivity contribution in [1.29, 1.82) is 0 Å². The summed E-state index contributed by atoms with van der Waals surface area (Å²) in [5.74, 6) is -0.148. The fourth-order valence-electron chi connectivity index (χ4n) is 3.99. The van der Waals surface area contributed by atoms with Gasteiger partial charge in [0.2, 0.25) is 5.58 Å². The van der Waals surface area contributed by atoms with E-state index in [1.165, 1.54) is 10.9 Å². The average Bonchev–Trinajstić information content (AvgIpc) is 3.28. The van der Waals surface area contributed by atoms with Gasteiger partial charge in [-0.05, 0) is 44.2 Å².